The Morgan fingerprint density at radius 2 is 1.76 bits per heavy atom. The summed E-state index contributed by atoms with van der Waals surface area (Å²) in [6.45, 7) is 5.27. The first-order valence-corrected chi connectivity index (χ1v) is 12.6. The van der Waals surface area contributed by atoms with Crippen LogP contribution in [0, 0.1) is 6.92 Å². The topological polar surface area (TPSA) is 120 Å². The largest absolute Gasteiger partial charge is 0.352 e. The van der Waals surface area contributed by atoms with Crippen LogP contribution >= 0.6 is 0 Å². The highest BCUT2D eigenvalue weighted by molar-refractivity contribution is 5.98. The zero-order valence-corrected chi connectivity index (χ0v) is 21.2. The maximum atomic E-state index is 13.5. The highest BCUT2D eigenvalue weighted by Crippen LogP contribution is 2.20. The molecule has 2 heterocycles. The Morgan fingerprint density at radius 3 is 2.43 bits per heavy atom. The van der Waals surface area contributed by atoms with E-state index in [0.717, 1.165) is 35.9 Å². The molecule has 4 aromatic rings. The van der Waals surface area contributed by atoms with E-state index in [1.807, 2.05) is 32.9 Å². The summed E-state index contributed by atoms with van der Waals surface area (Å²) >= 11 is 0. The fourth-order valence-electron chi connectivity index (χ4n) is 4.90. The van der Waals surface area contributed by atoms with Crippen molar-refractivity contribution >= 4 is 34.2 Å². The number of aryl methyl sites for hydroxylation is 1. The van der Waals surface area contributed by atoms with Gasteiger partial charge in [0.2, 0.25) is 11.7 Å². The van der Waals surface area contributed by atoms with Crippen molar-refractivity contribution in [2.45, 2.75) is 65.1 Å². The molecule has 192 valence electrons. The predicted molar refractivity (Wildman–Crippen MR) is 141 cm³/mol. The molecule has 0 bridgehead atoms. The minimum absolute atomic E-state index is 0.119. The maximum Gasteiger partial charge on any atom is 0.352 e. The van der Waals surface area contributed by atoms with E-state index in [4.69, 9.17) is 0 Å². The highest BCUT2D eigenvalue weighted by Gasteiger charge is 2.22. The van der Waals surface area contributed by atoms with E-state index in [1.165, 1.54) is 8.97 Å². The lowest BCUT2D eigenvalue weighted by atomic mass is 10.1. The molecule has 0 aliphatic heterocycles. The third kappa shape index (κ3) is 4.66. The van der Waals surface area contributed by atoms with E-state index >= 15 is 0 Å². The van der Waals surface area contributed by atoms with Crippen LogP contribution in [0.4, 0.5) is 5.69 Å². The predicted octanol–water partition coefficient (Wildman–Crippen LogP) is 3.01. The second-order valence-electron chi connectivity index (χ2n) is 9.95. The van der Waals surface area contributed by atoms with Crippen molar-refractivity contribution in [1.29, 1.82) is 0 Å². The van der Waals surface area contributed by atoms with E-state index in [9.17, 15) is 19.2 Å². The van der Waals surface area contributed by atoms with Gasteiger partial charge in [-0.15, -0.1) is 5.10 Å². The van der Waals surface area contributed by atoms with Gasteiger partial charge in [-0.1, -0.05) is 30.5 Å². The van der Waals surface area contributed by atoms with Crippen molar-refractivity contribution < 1.29 is 9.59 Å². The van der Waals surface area contributed by atoms with Gasteiger partial charge in [-0.05, 0) is 63.9 Å². The summed E-state index contributed by atoms with van der Waals surface area (Å²) in [5.41, 5.74) is 1.42. The number of hydrogen-bond donors (Lipinski definition) is 2. The smallest absolute Gasteiger partial charge is 0.349 e. The Balaban J connectivity index is 1.57. The average molecular weight is 503 g/mol. The van der Waals surface area contributed by atoms with Crippen molar-refractivity contribution in [3.63, 3.8) is 0 Å². The van der Waals surface area contributed by atoms with Crippen LogP contribution in [0.2, 0.25) is 0 Å². The minimum atomic E-state index is -0.568. The lowest BCUT2D eigenvalue weighted by Crippen LogP contribution is -2.33. The van der Waals surface area contributed by atoms with Crippen molar-refractivity contribution in [2.75, 3.05) is 5.32 Å². The standard InChI is InChI=1S/C27H30N6O4/c1-16(2)32-25(36)21-13-10-18(24(35)29-19-6-4-5-7-19)14-22(21)33-26(32)30-31(27(33)37)15-23(34)28-20-11-8-17(3)9-12-20/h8-14,16,19H,4-7,15H2,1-3H3,(H,28,34)(H,29,35). The normalized spacial score (nSPS) is 14.1. The molecule has 2 N–H and O–H groups in total. The molecule has 10 nitrogen and oxygen atoms in total. The number of nitrogens with zero attached hydrogens (tertiary/aromatic N) is 4. The van der Waals surface area contributed by atoms with Crippen LogP contribution in [-0.4, -0.2) is 36.6 Å². The number of benzene rings is 2. The van der Waals surface area contributed by atoms with Gasteiger partial charge >= 0.3 is 5.69 Å². The van der Waals surface area contributed by atoms with Crippen LogP contribution in [-0.2, 0) is 11.3 Å². The van der Waals surface area contributed by atoms with Crippen molar-refractivity contribution in [1.82, 2.24) is 24.1 Å². The van der Waals surface area contributed by atoms with Gasteiger partial charge in [-0.2, -0.15) is 0 Å². The molecule has 10 heteroatoms. The first-order chi connectivity index (χ1) is 17.7. The van der Waals surface area contributed by atoms with Crippen LogP contribution < -0.4 is 21.9 Å². The third-order valence-corrected chi connectivity index (χ3v) is 6.82. The molecule has 2 amide bonds. The number of rotatable bonds is 6. The molecule has 1 saturated carbocycles. The molecular weight excluding hydrogens is 472 g/mol. The number of carbonyl (C=O) groups excluding carboxylic acids is 2. The van der Waals surface area contributed by atoms with Crippen LogP contribution in [0.25, 0.3) is 16.7 Å². The molecule has 1 aliphatic carbocycles. The van der Waals surface area contributed by atoms with Crippen LogP contribution in [0.15, 0.2) is 52.1 Å². The zero-order chi connectivity index (χ0) is 26.3. The van der Waals surface area contributed by atoms with Crippen LogP contribution in [0.1, 0.15) is 61.5 Å². The van der Waals surface area contributed by atoms with Crippen molar-refractivity contribution in [3.05, 3.63) is 74.4 Å². The molecule has 2 aromatic carbocycles. The molecule has 0 atom stereocenters. The molecule has 5 rings (SSSR count). The second-order valence-corrected chi connectivity index (χ2v) is 9.95. The molecule has 0 saturated heterocycles. The number of anilines is 1. The second kappa shape index (κ2) is 9.68. The summed E-state index contributed by atoms with van der Waals surface area (Å²) in [6, 6.07) is 11.9. The average Bonchev–Trinajstić information content (AvgIpc) is 3.48. The summed E-state index contributed by atoms with van der Waals surface area (Å²) in [6.07, 6.45) is 4.06. The molecule has 0 radical (unpaired) electrons. The van der Waals surface area contributed by atoms with Crippen LogP contribution in [0.5, 0.6) is 0 Å². The number of carbonyl (C=O) groups is 2. The Labute approximate surface area is 212 Å². The summed E-state index contributed by atoms with van der Waals surface area (Å²) < 4.78 is 3.78. The van der Waals surface area contributed by atoms with E-state index in [2.05, 4.69) is 15.7 Å². The van der Waals surface area contributed by atoms with Crippen LogP contribution in [0.3, 0.4) is 0 Å². The number of aromatic nitrogens is 4. The third-order valence-electron chi connectivity index (χ3n) is 6.82. The molecule has 2 aromatic heterocycles. The van der Waals surface area contributed by atoms with Gasteiger partial charge in [0.05, 0.1) is 10.9 Å². The Bertz CT molecular complexity index is 1620. The van der Waals surface area contributed by atoms with E-state index < -0.39 is 11.6 Å². The Morgan fingerprint density at radius 1 is 1.05 bits per heavy atom. The summed E-state index contributed by atoms with van der Waals surface area (Å²) in [4.78, 5) is 52.5. The van der Waals surface area contributed by atoms with Gasteiger partial charge in [0.1, 0.15) is 6.54 Å². The summed E-state index contributed by atoms with van der Waals surface area (Å²) in [7, 11) is 0. The van der Waals surface area contributed by atoms with E-state index in [1.54, 1.807) is 30.3 Å². The molecule has 0 unspecified atom stereocenters. The quantitative estimate of drug-likeness (QED) is 0.420. The lowest BCUT2D eigenvalue weighted by molar-refractivity contribution is -0.117. The van der Waals surface area contributed by atoms with Gasteiger partial charge in [0.25, 0.3) is 11.5 Å². The number of fused-ring (bicyclic) bond motifs is 3. The fraction of sp³-hybridized carbons (Fsp3) is 0.370. The molecule has 1 fully saturated rings. The molecular formula is C27H30N6O4. The fourth-order valence-corrected chi connectivity index (χ4v) is 4.90. The highest BCUT2D eigenvalue weighted by atomic mass is 16.2. The van der Waals surface area contributed by atoms with E-state index in [-0.39, 0.29) is 41.4 Å². The summed E-state index contributed by atoms with van der Waals surface area (Å²) in [5.74, 6) is -0.546. The maximum absolute atomic E-state index is 13.5. The zero-order valence-electron chi connectivity index (χ0n) is 21.2. The Hall–Kier alpha value is -4.21. The first-order valence-electron chi connectivity index (χ1n) is 12.6. The minimum Gasteiger partial charge on any atom is -0.349 e. The number of nitrogens with one attached hydrogen (secondary N) is 2. The van der Waals surface area contributed by atoms with Gasteiger partial charge in [0.15, 0.2) is 0 Å². The van der Waals surface area contributed by atoms with Gasteiger partial charge < -0.3 is 10.6 Å². The van der Waals surface area contributed by atoms with Gasteiger partial charge in [0, 0.05) is 23.3 Å². The number of hydrogen-bond acceptors (Lipinski definition) is 5. The molecule has 1 aliphatic rings. The van der Waals surface area contributed by atoms with Crippen molar-refractivity contribution in [2.24, 2.45) is 0 Å². The lowest BCUT2D eigenvalue weighted by Gasteiger charge is -2.14. The number of amides is 2. The SMILES string of the molecule is Cc1ccc(NC(=O)Cn2nc3n(C(C)C)c(=O)c4ccc(C(=O)NC5CCCC5)cc4n3c2=O)cc1. The summed E-state index contributed by atoms with van der Waals surface area (Å²) in [5, 5.41) is 10.5. The monoisotopic (exact) mass is 502 g/mol. The van der Waals surface area contributed by atoms with Gasteiger partial charge in [-0.25, -0.2) is 13.9 Å². The van der Waals surface area contributed by atoms with Gasteiger partial charge in [-0.3, -0.25) is 19.0 Å². The van der Waals surface area contributed by atoms with E-state index in [0.29, 0.717) is 16.6 Å². The first kappa shape index (κ1) is 24.5. The van der Waals surface area contributed by atoms with Crippen molar-refractivity contribution in [3.8, 4) is 0 Å². The Kier molecular flexibility index (Phi) is 6.41. The molecule has 0 spiro atoms. The molecule has 37 heavy (non-hydrogen) atoms.